The van der Waals surface area contributed by atoms with Crippen molar-refractivity contribution in [1.82, 2.24) is 5.16 Å². The normalized spacial score (nSPS) is 10.3. The second-order valence-electron chi connectivity index (χ2n) is 3.26. The average Bonchev–Trinajstić information content (AvgIpc) is 2.57. The van der Waals surface area contributed by atoms with Crippen molar-refractivity contribution in [1.29, 1.82) is 5.26 Å². The minimum Gasteiger partial charge on any atom is -0.356 e. The van der Waals surface area contributed by atoms with E-state index in [1.54, 1.807) is 0 Å². The molecule has 0 atom stereocenters. The molecule has 3 heteroatoms. The molecule has 0 radical (unpaired) electrons. The van der Waals surface area contributed by atoms with Crippen LogP contribution < -0.4 is 0 Å². The molecule has 0 N–H and O–H groups in total. The van der Waals surface area contributed by atoms with Crippen LogP contribution in [0, 0.1) is 18.3 Å². The van der Waals surface area contributed by atoms with E-state index in [1.165, 1.54) is 0 Å². The van der Waals surface area contributed by atoms with Gasteiger partial charge in [0.2, 0.25) is 0 Å². The Labute approximate surface area is 81.9 Å². The lowest BCUT2D eigenvalue weighted by atomic mass is 10.1. The fraction of sp³-hybridized carbons (Fsp3) is 0.273. The van der Waals surface area contributed by atoms with Gasteiger partial charge in [-0.15, -0.1) is 0 Å². The van der Waals surface area contributed by atoms with Crippen LogP contribution in [0.1, 0.15) is 17.7 Å². The first-order valence-electron chi connectivity index (χ1n) is 4.53. The highest BCUT2D eigenvalue weighted by atomic mass is 16.5. The second kappa shape index (κ2) is 3.51. The Morgan fingerprint density at radius 3 is 3.14 bits per heavy atom. The molecule has 70 valence electrons. The summed E-state index contributed by atoms with van der Waals surface area (Å²) in [5, 5.41) is 13.4. The van der Waals surface area contributed by atoms with Gasteiger partial charge in [0.05, 0.1) is 11.8 Å². The third-order valence-corrected chi connectivity index (χ3v) is 2.24. The van der Waals surface area contributed by atoms with Crippen molar-refractivity contribution in [3.05, 3.63) is 29.5 Å². The molecule has 14 heavy (non-hydrogen) atoms. The SMILES string of the molecule is Cc1noc2ccc(CCC#N)cc12. The van der Waals surface area contributed by atoms with Gasteiger partial charge in [-0.2, -0.15) is 5.26 Å². The van der Waals surface area contributed by atoms with E-state index in [4.69, 9.17) is 9.78 Å². The maximum absolute atomic E-state index is 8.47. The molecule has 0 saturated heterocycles. The largest absolute Gasteiger partial charge is 0.356 e. The summed E-state index contributed by atoms with van der Waals surface area (Å²) < 4.78 is 5.09. The van der Waals surface area contributed by atoms with Crippen molar-refractivity contribution in [3.63, 3.8) is 0 Å². The van der Waals surface area contributed by atoms with E-state index in [1.807, 2.05) is 25.1 Å². The van der Waals surface area contributed by atoms with E-state index in [-0.39, 0.29) is 0 Å². The molecule has 0 aliphatic rings. The van der Waals surface area contributed by atoms with Gasteiger partial charge >= 0.3 is 0 Å². The highest BCUT2D eigenvalue weighted by Crippen LogP contribution is 2.19. The van der Waals surface area contributed by atoms with Crippen LogP contribution in [0.5, 0.6) is 0 Å². The Bertz CT molecular complexity index is 493. The summed E-state index contributed by atoms with van der Waals surface area (Å²) in [7, 11) is 0. The monoisotopic (exact) mass is 186 g/mol. The molecular weight excluding hydrogens is 176 g/mol. The molecule has 0 fully saturated rings. The summed E-state index contributed by atoms with van der Waals surface area (Å²) in [6, 6.07) is 8.06. The summed E-state index contributed by atoms with van der Waals surface area (Å²) >= 11 is 0. The third kappa shape index (κ3) is 1.47. The van der Waals surface area contributed by atoms with Gasteiger partial charge in [-0.25, -0.2) is 0 Å². The highest BCUT2D eigenvalue weighted by Gasteiger charge is 2.04. The number of aryl methyl sites for hydroxylation is 2. The predicted molar refractivity (Wildman–Crippen MR) is 52.7 cm³/mol. The molecule has 0 aliphatic carbocycles. The molecule has 2 aromatic rings. The van der Waals surface area contributed by atoms with E-state index in [0.717, 1.165) is 28.6 Å². The van der Waals surface area contributed by atoms with Crippen LogP contribution in [0.4, 0.5) is 0 Å². The van der Waals surface area contributed by atoms with E-state index in [0.29, 0.717) is 6.42 Å². The highest BCUT2D eigenvalue weighted by molar-refractivity contribution is 5.79. The fourth-order valence-electron chi connectivity index (χ4n) is 1.46. The molecule has 2 rings (SSSR count). The van der Waals surface area contributed by atoms with Crippen LogP contribution in [0.2, 0.25) is 0 Å². The van der Waals surface area contributed by atoms with Gasteiger partial charge in [0, 0.05) is 11.8 Å². The zero-order chi connectivity index (χ0) is 9.97. The number of hydrogen-bond donors (Lipinski definition) is 0. The molecule has 0 saturated carbocycles. The van der Waals surface area contributed by atoms with Crippen molar-refractivity contribution >= 4 is 11.0 Å². The fourth-order valence-corrected chi connectivity index (χ4v) is 1.46. The molecule has 3 nitrogen and oxygen atoms in total. The van der Waals surface area contributed by atoms with Gasteiger partial charge in [-0.1, -0.05) is 11.2 Å². The molecule has 1 aromatic carbocycles. The topological polar surface area (TPSA) is 49.8 Å². The Hall–Kier alpha value is -1.82. The van der Waals surface area contributed by atoms with Gasteiger partial charge < -0.3 is 4.52 Å². The van der Waals surface area contributed by atoms with E-state index < -0.39 is 0 Å². The number of fused-ring (bicyclic) bond motifs is 1. The maximum Gasteiger partial charge on any atom is 0.167 e. The van der Waals surface area contributed by atoms with Gasteiger partial charge in [-0.05, 0) is 31.0 Å². The standard InChI is InChI=1S/C11H10N2O/c1-8-10-7-9(3-2-6-12)4-5-11(10)14-13-8/h4-5,7H,2-3H2,1H3. The minimum absolute atomic E-state index is 0.551. The summed E-state index contributed by atoms with van der Waals surface area (Å²) in [5.74, 6) is 0. The number of nitriles is 1. The first-order valence-corrected chi connectivity index (χ1v) is 4.53. The van der Waals surface area contributed by atoms with Gasteiger partial charge in [0.15, 0.2) is 5.58 Å². The Balaban J connectivity index is 2.40. The number of aromatic nitrogens is 1. The number of benzene rings is 1. The summed E-state index contributed by atoms with van der Waals surface area (Å²) in [6.07, 6.45) is 1.34. The van der Waals surface area contributed by atoms with Gasteiger partial charge in [-0.3, -0.25) is 0 Å². The Kier molecular flexibility index (Phi) is 2.19. The second-order valence-corrected chi connectivity index (χ2v) is 3.26. The predicted octanol–water partition coefficient (Wildman–Crippen LogP) is 2.59. The molecule has 0 spiro atoms. The van der Waals surface area contributed by atoms with Crippen LogP contribution >= 0.6 is 0 Å². The molecule has 1 aromatic heterocycles. The lowest BCUT2D eigenvalue weighted by Crippen LogP contribution is -1.83. The van der Waals surface area contributed by atoms with E-state index in [2.05, 4.69) is 11.2 Å². The van der Waals surface area contributed by atoms with Gasteiger partial charge in [0.1, 0.15) is 0 Å². The number of hydrogen-bond acceptors (Lipinski definition) is 3. The summed E-state index contributed by atoms with van der Waals surface area (Å²) in [5.41, 5.74) is 2.87. The Morgan fingerprint density at radius 1 is 1.50 bits per heavy atom. The van der Waals surface area contributed by atoms with E-state index >= 15 is 0 Å². The first kappa shape index (κ1) is 8.76. The van der Waals surface area contributed by atoms with Crippen molar-refractivity contribution in [3.8, 4) is 6.07 Å². The molecule has 0 unspecified atom stereocenters. The summed E-state index contributed by atoms with van der Waals surface area (Å²) in [4.78, 5) is 0. The van der Waals surface area contributed by atoms with Crippen LogP contribution in [0.25, 0.3) is 11.0 Å². The lowest BCUT2D eigenvalue weighted by Gasteiger charge is -1.96. The third-order valence-electron chi connectivity index (χ3n) is 2.24. The lowest BCUT2D eigenvalue weighted by molar-refractivity contribution is 0.450. The zero-order valence-electron chi connectivity index (χ0n) is 7.95. The van der Waals surface area contributed by atoms with Crippen LogP contribution in [0.15, 0.2) is 22.7 Å². The first-order chi connectivity index (χ1) is 6.81. The molecule has 0 amide bonds. The van der Waals surface area contributed by atoms with Crippen molar-refractivity contribution in [2.45, 2.75) is 19.8 Å². The van der Waals surface area contributed by atoms with Crippen molar-refractivity contribution in [2.24, 2.45) is 0 Å². The maximum atomic E-state index is 8.47. The zero-order valence-corrected chi connectivity index (χ0v) is 7.95. The molecule has 1 heterocycles. The molecule has 0 aliphatic heterocycles. The number of rotatable bonds is 2. The van der Waals surface area contributed by atoms with Crippen LogP contribution in [0.3, 0.4) is 0 Å². The minimum atomic E-state index is 0.551. The number of nitrogens with zero attached hydrogens (tertiary/aromatic N) is 2. The van der Waals surface area contributed by atoms with Crippen molar-refractivity contribution in [2.75, 3.05) is 0 Å². The van der Waals surface area contributed by atoms with Crippen LogP contribution in [-0.2, 0) is 6.42 Å². The molecular formula is C11H10N2O. The average molecular weight is 186 g/mol. The van der Waals surface area contributed by atoms with Gasteiger partial charge in [0.25, 0.3) is 0 Å². The molecule has 0 bridgehead atoms. The van der Waals surface area contributed by atoms with E-state index in [9.17, 15) is 0 Å². The quantitative estimate of drug-likeness (QED) is 0.724. The smallest absolute Gasteiger partial charge is 0.167 e. The van der Waals surface area contributed by atoms with Crippen molar-refractivity contribution < 1.29 is 4.52 Å². The van der Waals surface area contributed by atoms with Crippen LogP contribution in [-0.4, -0.2) is 5.16 Å². The summed E-state index contributed by atoms with van der Waals surface area (Å²) in [6.45, 7) is 1.92. The Morgan fingerprint density at radius 2 is 2.36 bits per heavy atom.